The summed E-state index contributed by atoms with van der Waals surface area (Å²) in [4.78, 5) is 24.5. The lowest BCUT2D eigenvalue weighted by Gasteiger charge is -2.01. The van der Waals surface area contributed by atoms with Gasteiger partial charge in [0.1, 0.15) is 17.4 Å². The van der Waals surface area contributed by atoms with Crippen molar-refractivity contribution in [2.45, 2.75) is 0 Å². The summed E-state index contributed by atoms with van der Waals surface area (Å²) in [6.45, 7) is 0. The van der Waals surface area contributed by atoms with Gasteiger partial charge in [-0.2, -0.15) is 0 Å². The fraction of sp³-hybridized carbons (Fsp3) is 0. The van der Waals surface area contributed by atoms with Crippen molar-refractivity contribution in [1.29, 1.82) is 0 Å². The predicted octanol–water partition coefficient (Wildman–Crippen LogP) is 3.02. The summed E-state index contributed by atoms with van der Waals surface area (Å²) >= 11 is 0. The van der Waals surface area contributed by atoms with Crippen LogP contribution in [0.2, 0.25) is 0 Å². The number of rotatable bonds is 2. The summed E-state index contributed by atoms with van der Waals surface area (Å²) in [5.41, 5.74) is 0.725. The molecule has 3 rings (SSSR count). The number of ketones is 1. The van der Waals surface area contributed by atoms with Gasteiger partial charge < -0.3 is 4.42 Å². The highest BCUT2D eigenvalue weighted by atomic mass is 16.3. The highest BCUT2D eigenvalue weighted by Crippen LogP contribution is 2.13. The lowest BCUT2D eigenvalue weighted by molar-refractivity contribution is 0.103. The fourth-order valence-electron chi connectivity index (χ4n) is 1.98. The van der Waals surface area contributed by atoms with Crippen molar-refractivity contribution in [3.05, 3.63) is 82.2 Å². The van der Waals surface area contributed by atoms with Gasteiger partial charge in [0, 0.05) is 5.56 Å². The van der Waals surface area contributed by atoms with E-state index in [1.807, 2.05) is 6.07 Å². The van der Waals surface area contributed by atoms with Crippen LogP contribution in [0.25, 0.3) is 11.0 Å². The summed E-state index contributed by atoms with van der Waals surface area (Å²) < 4.78 is 5.35. The molecule has 0 saturated heterocycles. The topological polar surface area (TPSA) is 47.3 Å². The minimum atomic E-state index is -0.319. The lowest BCUT2D eigenvalue weighted by atomic mass is 10.0. The molecule has 92 valence electrons. The second kappa shape index (κ2) is 4.53. The van der Waals surface area contributed by atoms with Crippen LogP contribution in [0.4, 0.5) is 0 Å². The molecular weight excluding hydrogens is 240 g/mol. The van der Waals surface area contributed by atoms with Crippen molar-refractivity contribution < 1.29 is 9.21 Å². The number of para-hydroxylation sites is 1. The Morgan fingerprint density at radius 2 is 1.58 bits per heavy atom. The fourth-order valence-corrected chi connectivity index (χ4v) is 1.98. The largest absolute Gasteiger partial charge is 0.463 e. The van der Waals surface area contributed by atoms with Crippen LogP contribution in [-0.2, 0) is 0 Å². The first-order valence-electron chi connectivity index (χ1n) is 5.87. The second-order valence-corrected chi connectivity index (χ2v) is 4.17. The van der Waals surface area contributed by atoms with Gasteiger partial charge in [-0.3, -0.25) is 9.59 Å². The monoisotopic (exact) mass is 250 g/mol. The number of benzene rings is 2. The molecule has 0 N–H and O–H groups in total. The van der Waals surface area contributed by atoms with E-state index < -0.39 is 0 Å². The Balaban J connectivity index is 2.19. The molecule has 0 aliphatic rings. The number of carbonyl (C=O) groups is 1. The molecule has 1 aromatic heterocycles. The maximum Gasteiger partial charge on any atom is 0.203 e. The molecule has 0 unspecified atom stereocenters. The van der Waals surface area contributed by atoms with Crippen molar-refractivity contribution in [2.75, 3.05) is 0 Å². The van der Waals surface area contributed by atoms with Gasteiger partial charge in [0.05, 0.1) is 5.39 Å². The van der Waals surface area contributed by atoms with Gasteiger partial charge in [0.2, 0.25) is 5.43 Å². The van der Waals surface area contributed by atoms with Crippen molar-refractivity contribution in [2.24, 2.45) is 0 Å². The van der Waals surface area contributed by atoms with Crippen LogP contribution in [0.1, 0.15) is 15.9 Å². The zero-order chi connectivity index (χ0) is 13.2. The first-order chi connectivity index (χ1) is 9.27. The van der Waals surface area contributed by atoms with Crippen LogP contribution in [0.5, 0.6) is 0 Å². The van der Waals surface area contributed by atoms with E-state index in [0.717, 1.165) is 0 Å². The first-order valence-corrected chi connectivity index (χ1v) is 5.87. The van der Waals surface area contributed by atoms with Gasteiger partial charge in [-0.25, -0.2) is 0 Å². The molecule has 0 atom stereocenters. The zero-order valence-electron chi connectivity index (χ0n) is 10.00. The molecule has 0 saturated carbocycles. The molecule has 0 bridgehead atoms. The van der Waals surface area contributed by atoms with E-state index in [1.165, 1.54) is 6.26 Å². The highest BCUT2D eigenvalue weighted by Gasteiger charge is 2.15. The Morgan fingerprint density at radius 3 is 2.37 bits per heavy atom. The third-order valence-corrected chi connectivity index (χ3v) is 2.96. The van der Waals surface area contributed by atoms with Crippen molar-refractivity contribution in [3.63, 3.8) is 0 Å². The average Bonchev–Trinajstić information content (AvgIpc) is 2.48. The molecule has 3 heteroatoms. The molecule has 3 aromatic rings. The molecule has 0 amide bonds. The van der Waals surface area contributed by atoms with E-state index in [1.54, 1.807) is 48.5 Å². The SMILES string of the molecule is O=C(c1ccccc1)c1coc2ccccc2c1=O. The number of carbonyl (C=O) groups excluding carboxylic acids is 1. The average molecular weight is 250 g/mol. The van der Waals surface area contributed by atoms with Gasteiger partial charge in [-0.1, -0.05) is 42.5 Å². The minimum absolute atomic E-state index is 0.0601. The lowest BCUT2D eigenvalue weighted by Crippen LogP contribution is -2.15. The van der Waals surface area contributed by atoms with E-state index in [0.29, 0.717) is 16.5 Å². The Morgan fingerprint density at radius 1 is 0.895 bits per heavy atom. The summed E-state index contributed by atoms with van der Waals surface area (Å²) in [7, 11) is 0. The van der Waals surface area contributed by atoms with Gasteiger partial charge in [-0.05, 0) is 12.1 Å². The van der Waals surface area contributed by atoms with Crippen LogP contribution >= 0.6 is 0 Å². The van der Waals surface area contributed by atoms with E-state index in [-0.39, 0.29) is 16.8 Å². The zero-order valence-corrected chi connectivity index (χ0v) is 10.00. The molecule has 0 aliphatic heterocycles. The van der Waals surface area contributed by atoms with E-state index in [2.05, 4.69) is 0 Å². The maximum absolute atomic E-state index is 12.3. The molecule has 2 aromatic carbocycles. The second-order valence-electron chi connectivity index (χ2n) is 4.17. The smallest absolute Gasteiger partial charge is 0.203 e. The first kappa shape index (κ1) is 11.4. The van der Waals surface area contributed by atoms with Crippen LogP contribution in [0.3, 0.4) is 0 Å². The van der Waals surface area contributed by atoms with E-state index in [9.17, 15) is 9.59 Å². The van der Waals surface area contributed by atoms with Crippen molar-refractivity contribution >= 4 is 16.8 Å². The summed E-state index contributed by atoms with van der Waals surface area (Å²) in [6.07, 6.45) is 1.24. The molecular formula is C16H10O3. The van der Waals surface area contributed by atoms with Crippen LogP contribution in [0, 0.1) is 0 Å². The van der Waals surface area contributed by atoms with Crippen molar-refractivity contribution in [3.8, 4) is 0 Å². The van der Waals surface area contributed by atoms with Crippen LogP contribution in [-0.4, -0.2) is 5.78 Å². The summed E-state index contributed by atoms with van der Waals surface area (Å²) in [5.74, 6) is -0.319. The van der Waals surface area contributed by atoms with Gasteiger partial charge in [0.25, 0.3) is 0 Å². The molecule has 1 heterocycles. The maximum atomic E-state index is 12.3. The molecule has 3 nitrogen and oxygen atoms in total. The standard InChI is InChI=1S/C16H10O3/c17-15(11-6-2-1-3-7-11)13-10-19-14-9-5-4-8-12(14)16(13)18/h1-10H. The molecule has 0 spiro atoms. The quantitative estimate of drug-likeness (QED) is 0.657. The van der Waals surface area contributed by atoms with Gasteiger partial charge >= 0.3 is 0 Å². The normalized spacial score (nSPS) is 10.5. The minimum Gasteiger partial charge on any atom is -0.463 e. The number of hydrogen-bond acceptors (Lipinski definition) is 3. The Kier molecular flexibility index (Phi) is 2.72. The number of fused-ring (bicyclic) bond motifs is 1. The third-order valence-electron chi connectivity index (χ3n) is 2.96. The summed E-state index contributed by atoms with van der Waals surface area (Å²) in [6, 6.07) is 15.6. The highest BCUT2D eigenvalue weighted by molar-refractivity contribution is 6.09. The van der Waals surface area contributed by atoms with E-state index in [4.69, 9.17) is 4.42 Å². The molecule has 0 fully saturated rings. The number of hydrogen-bond donors (Lipinski definition) is 0. The Labute approximate surface area is 109 Å². The predicted molar refractivity (Wildman–Crippen MR) is 72.4 cm³/mol. The molecule has 0 radical (unpaired) electrons. The Bertz CT molecular complexity index is 801. The summed E-state index contributed by atoms with van der Waals surface area (Å²) in [5, 5.41) is 0.421. The van der Waals surface area contributed by atoms with E-state index >= 15 is 0 Å². The van der Waals surface area contributed by atoms with Crippen LogP contribution in [0.15, 0.2) is 70.1 Å². The molecule has 0 aliphatic carbocycles. The van der Waals surface area contributed by atoms with Gasteiger partial charge in [0.15, 0.2) is 5.78 Å². The molecule has 19 heavy (non-hydrogen) atoms. The van der Waals surface area contributed by atoms with Crippen LogP contribution < -0.4 is 5.43 Å². The third kappa shape index (κ3) is 1.95. The Hall–Kier alpha value is -2.68. The van der Waals surface area contributed by atoms with Gasteiger partial charge in [-0.15, -0.1) is 0 Å². The van der Waals surface area contributed by atoms with Crippen molar-refractivity contribution in [1.82, 2.24) is 0 Å².